The largest absolute Gasteiger partial charge is 0.373 e. The lowest BCUT2D eigenvalue weighted by atomic mass is 10.00. The highest BCUT2D eigenvalue weighted by Gasteiger charge is 2.37. The molecule has 28 heavy (non-hydrogen) atoms. The zero-order chi connectivity index (χ0) is 20.3. The number of rotatable bonds is 6. The van der Waals surface area contributed by atoms with Crippen LogP contribution in [0.5, 0.6) is 0 Å². The molecular weight excluding hydrogens is 378 g/mol. The number of morpholine rings is 1. The van der Waals surface area contributed by atoms with Crippen molar-refractivity contribution in [2.24, 2.45) is 0 Å². The van der Waals surface area contributed by atoms with Gasteiger partial charge in [0.05, 0.1) is 18.0 Å². The highest BCUT2D eigenvalue weighted by atomic mass is 32.2. The Kier molecular flexibility index (Phi) is 7.39. The molecule has 7 nitrogen and oxygen atoms in total. The van der Waals surface area contributed by atoms with Gasteiger partial charge in [-0.25, -0.2) is 8.42 Å². The van der Waals surface area contributed by atoms with Crippen LogP contribution >= 0.6 is 0 Å². The van der Waals surface area contributed by atoms with Gasteiger partial charge in [0, 0.05) is 51.7 Å². The van der Waals surface area contributed by atoms with Crippen LogP contribution in [0.25, 0.3) is 0 Å². The molecule has 0 aromatic rings. The fourth-order valence-electron chi connectivity index (χ4n) is 5.21. The van der Waals surface area contributed by atoms with Crippen molar-refractivity contribution < 1.29 is 17.9 Å². The van der Waals surface area contributed by atoms with Gasteiger partial charge in [-0.2, -0.15) is 4.31 Å². The van der Waals surface area contributed by atoms with Gasteiger partial charge in [0.15, 0.2) is 0 Å². The van der Waals surface area contributed by atoms with E-state index in [0.29, 0.717) is 13.0 Å². The number of nitrogens with zero attached hydrogens (tertiary/aromatic N) is 3. The van der Waals surface area contributed by atoms with Gasteiger partial charge in [-0.3, -0.25) is 9.69 Å². The number of hydrogen-bond donors (Lipinski definition) is 0. The lowest BCUT2D eigenvalue weighted by Gasteiger charge is -2.38. The molecule has 3 heterocycles. The second-order valence-electron chi connectivity index (χ2n) is 8.85. The van der Waals surface area contributed by atoms with E-state index < -0.39 is 10.0 Å². The first-order valence-electron chi connectivity index (χ1n) is 10.9. The minimum Gasteiger partial charge on any atom is -0.373 e. The molecule has 0 spiro atoms. The van der Waals surface area contributed by atoms with Crippen LogP contribution in [0, 0.1) is 0 Å². The Bertz CT molecular complexity index is 631. The molecule has 3 saturated heterocycles. The van der Waals surface area contributed by atoms with Gasteiger partial charge in [-0.1, -0.05) is 0 Å². The molecule has 3 aliphatic heterocycles. The topological polar surface area (TPSA) is 70.2 Å². The molecule has 0 radical (unpaired) electrons. The second kappa shape index (κ2) is 9.41. The minimum absolute atomic E-state index is 0.0664. The predicted octanol–water partition coefficient (Wildman–Crippen LogP) is 1.68. The quantitative estimate of drug-likeness (QED) is 0.660. The first-order valence-corrected chi connectivity index (χ1v) is 12.5. The Morgan fingerprint density at radius 2 is 1.68 bits per heavy atom. The van der Waals surface area contributed by atoms with Gasteiger partial charge in [0.25, 0.3) is 0 Å². The number of carbonyl (C=O) groups is 1. The Morgan fingerprint density at radius 3 is 2.36 bits per heavy atom. The smallest absolute Gasteiger partial charge is 0.219 e. The summed E-state index contributed by atoms with van der Waals surface area (Å²) >= 11 is 0. The summed E-state index contributed by atoms with van der Waals surface area (Å²) in [7, 11) is -3.30. The molecule has 3 fully saturated rings. The van der Waals surface area contributed by atoms with Crippen molar-refractivity contribution in [2.45, 2.75) is 83.6 Å². The summed E-state index contributed by atoms with van der Waals surface area (Å²) < 4.78 is 33.8. The zero-order valence-electron chi connectivity index (χ0n) is 17.7. The van der Waals surface area contributed by atoms with E-state index >= 15 is 0 Å². The molecule has 4 atom stereocenters. The molecule has 0 bridgehead atoms. The van der Waals surface area contributed by atoms with E-state index in [1.165, 1.54) is 0 Å². The number of hydrogen-bond acceptors (Lipinski definition) is 5. The summed E-state index contributed by atoms with van der Waals surface area (Å²) in [5.41, 5.74) is 0. The van der Waals surface area contributed by atoms with Gasteiger partial charge in [-0.05, 0) is 52.4 Å². The first kappa shape index (κ1) is 22.0. The molecule has 0 aliphatic carbocycles. The van der Waals surface area contributed by atoms with Gasteiger partial charge < -0.3 is 9.64 Å². The van der Waals surface area contributed by atoms with E-state index in [9.17, 15) is 13.2 Å². The normalized spacial score (nSPS) is 33.3. The molecular formula is C20H37N3O4S. The summed E-state index contributed by atoms with van der Waals surface area (Å²) in [4.78, 5) is 16.1. The number of amides is 1. The van der Waals surface area contributed by atoms with E-state index in [2.05, 4.69) is 18.7 Å². The SMILES string of the molecule is CC(=O)N1CCCC[C@@H]1CCS(=O)(=O)N1CCC[C@@H]1CN1C[C@H](C)O[C@@H](C)C1. The van der Waals surface area contributed by atoms with Crippen molar-refractivity contribution in [1.82, 2.24) is 14.1 Å². The van der Waals surface area contributed by atoms with Gasteiger partial charge in [0.1, 0.15) is 0 Å². The Labute approximate surface area is 170 Å². The third-order valence-corrected chi connectivity index (χ3v) is 8.33. The van der Waals surface area contributed by atoms with Crippen molar-refractivity contribution in [3.8, 4) is 0 Å². The summed E-state index contributed by atoms with van der Waals surface area (Å²) in [6.45, 7) is 9.67. The fraction of sp³-hybridized carbons (Fsp3) is 0.950. The van der Waals surface area contributed by atoms with Crippen LogP contribution in [-0.2, 0) is 19.6 Å². The second-order valence-corrected chi connectivity index (χ2v) is 10.9. The van der Waals surface area contributed by atoms with Crippen LogP contribution in [0.3, 0.4) is 0 Å². The monoisotopic (exact) mass is 415 g/mol. The van der Waals surface area contributed by atoms with Crippen molar-refractivity contribution >= 4 is 15.9 Å². The lowest BCUT2D eigenvalue weighted by molar-refractivity contribution is -0.132. The number of likely N-dealkylation sites (tertiary alicyclic amines) is 1. The first-order chi connectivity index (χ1) is 13.3. The van der Waals surface area contributed by atoms with Crippen LogP contribution < -0.4 is 0 Å². The van der Waals surface area contributed by atoms with Crippen LogP contribution in [0.4, 0.5) is 0 Å². The average Bonchev–Trinajstić information content (AvgIpc) is 3.08. The van der Waals surface area contributed by atoms with Gasteiger partial charge >= 0.3 is 0 Å². The van der Waals surface area contributed by atoms with Crippen molar-refractivity contribution in [2.75, 3.05) is 38.5 Å². The van der Waals surface area contributed by atoms with E-state index in [-0.39, 0.29) is 36.0 Å². The van der Waals surface area contributed by atoms with Gasteiger partial charge in [-0.15, -0.1) is 0 Å². The Balaban J connectivity index is 1.58. The van der Waals surface area contributed by atoms with E-state index in [0.717, 1.165) is 58.3 Å². The average molecular weight is 416 g/mol. The number of carbonyl (C=O) groups excluding carboxylic acids is 1. The van der Waals surface area contributed by atoms with Crippen LogP contribution in [0.1, 0.15) is 59.3 Å². The third kappa shape index (κ3) is 5.46. The third-order valence-electron chi connectivity index (χ3n) is 6.39. The Morgan fingerprint density at radius 1 is 1.00 bits per heavy atom. The summed E-state index contributed by atoms with van der Waals surface area (Å²) in [5.74, 6) is 0.213. The highest BCUT2D eigenvalue weighted by Crippen LogP contribution is 2.26. The molecule has 162 valence electrons. The van der Waals surface area contributed by atoms with Crippen molar-refractivity contribution in [1.29, 1.82) is 0 Å². The van der Waals surface area contributed by atoms with Crippen LogP contribution in [-0.4, -0.2) is 91.2 Å². The maximum Gasteiger partial charge on any atom is 0.219 e. The molecule has 0 aromatic heterocycles. The molecule has 0 aromatic carbocycles. The summed E-state index contributed by atoms with van der Waals surface area (Å²) in [6.07, 6.45) is 5.82. The molecule has 1 amide bonds. The fourth-order valence-corrected chi connectivity index (χ4v) is 7.04. The number of ether oxygens (including phenoxy) is 1. The van der Waals surface area contributed by atoms with Crippen LogP contribution in [0.2, 0.25) is 0 Å². The summed E-state index contributed by atoms with van der Waals surface area (Å²) in [6, 6.07) is 0.140. The molecule has 0 saturated carbocycles. The van der Waals surface area contributed by atoms with E-state index in [1.54, 1.807) is 11.2 Å². The maximum atomic E-state index is 13.1. The molecule has 3 rings (SSSR count). The van der Waals surface area contributed by atoms with Gasteiger partial charge in [0.2, 0.25) is 15.9 Å². The molecule has 3 aliphatic rings. The predicted molar refractivity (Wildman–Crippen MR) is 110 cm³/mol. The van der Waals surface area contributed by atoms with Crippen LogP contribution in [0.15, 0.2) is 0 Å². The zero-order valence-corrected chi connectivity index (χ0v) is 18.5. The Hall–Kier alpha value is -0.700. The van der Waals surface area contributed by atoms with Crippen molar-refractivity contribution in [3.63, 3.8) is 0 Å². The van der Waals surface area contributed by atoms with E-state index in [4.69, 9.17) is 4.74 Å². The number of piperidine rings is 1. The summed E-state index contributed by atoms with van der Waals surface area (Å²) in [5, 5.41) is 0. The molecule has 0 N–H and O–H groups in total. The maximum absolute atomic E-state index is 13.1. The molecule has 8 heteroatoms. The van der Waals surface area contributed by atoms with Crippen molar-refractivity contribution in [3.05, 3.63) is 0 Å². The highest BCUT2D eigenvalue weighted by molar-refractivity contribution is 7.89. The van der Waals surface area contributed by atoms with E-state index in [1.807, 2.05) is 4.90 Å². The standard InChI is InChI=1S/C20H37N3O4S/c1-16-13-21(14-17(2)27-16)15-20-8-6-11-23(20)28(25,26)12-9-19-7-4-5-10-22(19)18(3)24/h16-17,19-20H,4-15H2,1-3H3/t16-,17-,19+,20+/m0/s1. The number of sulfonamides is 1. The molecule has 0 unspecified atom stereocenters. The lowest BCUT2D eigenvalue weighted by Crippen LogP contribution is -2.51. The minimum atomic E-state index is -3.30.